The van der Waals surface area contributed by atoms with E-state index in [0.29, 0.717) is 0 Å². The molecule has 4 heteroatoms. The monoisotopic (exact) mass is 138 g/mol. The molecule has 1 atom stereocenters. The van der Waals surface area contributed by atoms with Crippen molar-refractivity contribution in [3.05, 3.63) is 0 Å². The van der Waals surface area contributed by atoms with Gasteiger partial charge in [0.15, 0.2) is 0 Å². The van der Waals surface area contributed by atoms with Gasteiger partial charge in [-0.1, -0.05) is 0 Å². The largest absolute Gasteiger partial charge is 0.394 e. The topological polar surface area (TPSA) is 80.9 Å². The summed E-state index contributed by atoms with van der Waals surface area (Å²) in [6.07, 6.45) is -0.560. The molecule has 0 bridgehead atoms. The van der Waals surface area contributed by atoms with E-state index in [2.05, 4.69) is 0 Å². The summed E-state index contributed by atoms with van der Waals surface area (Å²) < 4.78 is 0. The molecule has 0 aromatic rings. The van der Waals surface area contributed by atoms with Gasteiger partial charge >= 0.3 is 0 Å². The fourth-order valence-corrected chi connectivity index (χ4v) is 0. The highest BCUT2D eigenvalue weighted by molar-refractivity contribution is 4.34. The van der Waals surface area contributed by atoms with E-state index in [4.69, 9.17) is 20.4 Å². The standard InChI is InChI=1S/C3H8O2.C2H6O2/c1-3(5)2-4;3-1-2-4/h3-5H,2H2,1H3;3-4H,1-2H2. The van der Waals surface area contributed by atoms with Crippen molar-refractivity contribution in [1.82, 2.24) is 0 Å². The van der Waals surface area contributed by atoms with Crippen molar-refractivity contribution in [3.8, 4) is 0 Å². The average Bonchev–Trinajstić information content (AvgIpc) is 1.89. The zero-order valence-electron chi connectivity index (χ0n) is 5.49. The van der Waals surface area contributed by atoms with E-state index in [0.717, 1.165) is 0 Å². The summed E-state index contributed by atoms with van der Waals surface area (Å²) in [6.45, 7) is 1.14. The van der Waals surface area contributed by atoms with E-state index < -0.39 is 6.10 Å². The molecule has 0 aliphatic rings. The Morgan fingerprint density at radius 3 is 1.33 bits per heavy atom. The fourth-order valence-electron chi connectivity index (χ4n) is 0. The Labute approximate surface area is 54.4 Å². The van der Waals surface area contributed by atoms with Crippen molar-refractivity contribution >= 4 is 0 Å². The lowest BCUT2D eigenvalue weighted by Crippen LogP contribution is -2.03. The number of rotatable bonds is 2. The molecule has 0 spiro atoms. The molecule has 0 fully saturated rings. The first-order chi connectivity index (χ1) is 4.18. The van der Waals surface area contributed by atoms with E-state index >= 15 is 0 Å². The normalized spacial score (nSPS) is 11.7. The molecule has 4 N–H and O–H groups in total. The van der Waals surface area contributed by atoms with Gasteiger partial charge in [-0.3, -0.25) is 0 Å². The number of aliphatic hydroxyl groups is 4. The Balaban J connectivity index is 0. The Hall–Kier alpha value is -0.160. The third kappa shape index (κ3) is 33.2. The number of hydrogen-bond acceptors (Lipinski definition) is 4. The summed E-state index contributed by atoms with van der Waals surface area (Å²) in [7, 11) is 0. The van der Waals surface area contributed by atoms with Crippen LogP contribution in [0, 0.1) is 0 Å². The highest BCUT2D eigenvalue weighted by Gasteiger charge is 1.83. The van der Waals surface area contributed by atoms with Gasteiger partial charge in [-0.05, 0) is 6.92 Å². The summed E-state index contributed by atoms with van der Waals surface area (Å²) in [5.41, 5.74) is 0. The minimum atomic E-state index is -0.560. The van der Waals surface area contributed by atoms with Crippen LogP contribution in [0.4, 0.5) is 0 Å². The smallest absolute Gasteiger partial charge is 0.0742 e. The SMILES string of the molecule is CC(O)CO.OCCO. The maximum atomic E-state index is 8.11. The Morgan fingerprint density at radius 2 is 1.33 bits per heavy atom. The quantitative estimate of drug-likeness (QED) is 0.368. The van der Waals surface area contributed by atoms with Crippen LogP contribution in [-0.4, -0.2) is 46.4 Å². The summed E-state index contributed by atoms with van der Waals surface area (Å²) in [6, 6.07) is 0. The fraction of sp³-hybridized carbons (Fsp3) is 1.00. The first-order valence-electron chi connectivity index (χ1n) is 2.69. The van der Waals surface area contributed by atoms with Gasteiger partial charge in [-0.2, -0.15) is 0 Å². The maximum Gasteiger partial charge on any atom is 0.0742 e. The maximum absolute atomic E-state index is 8.11. The van der Waals surface area contributed by atoms with Gasteiger partial charge in [0, 0.05) is 0 Å². The van der Waals surface area contributed by atoms with Crippen LogP contribution in [0.1, 0.15) is 6.92 Å². The van der Waals surface area contributed by atoms with Crippen molar-refractivity contribution in [1.29, 1.82) is 0 Å². The first-order valence-corrected chi connectivity index (χ1v) is 2.69. The predicted octanol–water partition coefficient (Wildman–Crippen LogP) is -1.67. The van der Waals surface area contributed by atoms with Gasteiger partial charge in [-0.25, -0.2) is 0 Å². The minimum Gasteiger partial charge on any atom is -0.394 e. The van der Waals surface area contributed by atoms with Gasteiger partial charge in [0.1, 0.15) is 0 Å². The second-order valence-electron chi connectivity index (χ2n) is 1.48. The molecule has 1 unspecified atom stereocenters. The van der Waals surface area contributed by atoms with Gasteiger partial charge in [0.25, 0.3) is 0 Å². The van der Waals surface area contributed by atoms with E-state index in [1.54, 1.807) is 0 Å². The van der Waals surface area contributed by atoms with Crippen molar-refractivity contribution in [2.45, 2.75) is 13.0 Å². The van der Waals surface area contributed by atoms with Crippen LogP contribution in [0.25, 0.3) is 0 Å². The molecule has 0 aliphatic carbocycles. The lowest BCUT2D eigenvalue weighted by molar-refractivity contribution is 0.110. The van der Waals surface area contributed by atoms with Crippen molar-refractivity contribution < 1.29 is 20.4 Å². The highest BCUT2D eigenvalue weighted by atomic mass is 16.3. The Kier molecular flexibility index (Phi) is 13.9. The zero-order valence-corrected chi connectivity index (χ0v) is 5.49. The molecule has 0 saturated heterocycles. The Morgan fingerprint density at radius 1 is 1.11 bits per heavy atom. The lowest BCUT2D eigenvalue weighted by Gasteiger charge is -1.90. The van der Waals surface area contributed by atoms with Crippen LogP contribution in [0.15, 0.2) is 0 Å². The van der Waals surface area contributed by atoms with Crippen LogP contribution >= 0.6 is 0 Å². The third-order valence-corrected chi connectivity index (χ3v) is 0.364. The predicted molar refractivity (Wildman–Crippen MR) is 32.9 cm³/mol. The summed E-state index contributed by atoms with van der Waals surface area (Å²) in [4.78, 5) is 0. The number of hydrogen-bond donors (Lipinski definition) is 4. The molecule has 9 heavy (non-hydrogen) atoms. The van der Waals surface area contributed by atoms with Crippen molar-refractivity contribution in [3.63, 3.8) is 0 Å². The molecule has 0 aliphatic heterocycles. The molecule has 0 rings (SSSR count). The third-order valence-electron chi connectivity index (χ3n) is 0.364. The minimum absolute atomic E-state index is 0.125. The van der Waals surface area contributed by atoms with Gasteiger partial charge in [-0.15, -0.1) is 0 Å². The molecule has 4 nitrogen and oxygen atoms in total. The molecule has 0 aromatic carbocycles. The zero-order chi connectivity index (χ0) is 7.70. The van der Waals surface area contributed by atoms with Crippen LogP contribution in [-0.2, 0) is 0 Å². The van der Waals surface area contributed by atoms with Crippen molar-refractivity contribution in [2.75, 3.05) is 19.8 Å². The molecule has 0 heterocycles. The van der Waals surface area contributed by atoms with Gasteiger partial charge in [0.2, 0.25) is 0 Å². The summed E-state index contributed by atoms with van der Waals surface area (Å²) in [5, 5.41) is 31.3. The summed E-state index contributed by atoms with van der Waals surface area (Å²) in [5.74, 6) is 0. The molecular formula is C5H14O4. The molecule has 0 saturated carbocycles. The molecular weight excluding hydrogens is 124 g/mol. The first kappa shape index (κ1) is 11.6. The van der Waals surface area contributed by atoms with Gasteiger partial charge < -0.3 is 20.4 Å². The highest BCUT2D eigenvalue weighted by Crippen LogP contribution is 1.68. The number of aliphatic hydroxyl groups excluding tert-OH is 4. The molecule has 0 radical (unpaired) electrons. The average molecular weight is 138 g/mol. The van der Waals surface area contributed by atoms with E-state index in [-0.39, 0.29) is 19.8 Å². The van der Waals surface area contributed by atoms with Gasteiger partial charge in [0.05, 0.1) is 25.9 Å². The van der Waals surface area contributed by atoms with Crippen molar-refractivity contribution in [2.24, 2.45) is 0 Å². The summed E-state index contributed by atoms with van der Waals surface area (Å²) >= 11 is 0. The lowest BCUT2D eigenvalue weighted by atomic mass is 10.5. The second kappa shape index (κ2) is 10.8. The second-order valence-corrected chi connectivity index (χ2v) is 1.48. The molecule has 0 aromatic heterocycles. The van der Waals surface area contributed by atoms with Crippen LogP contribution in [0.5, 0.6) is 0 Å². The molecule has 0 amide bonds. The van der Waals surface area contributed by atoms with E-state index in [1.807, 2.05) is 0 Å². The van der Waals surface area contributed by atoms with E-state index in [1.165, 1.54) is 6.92 Å². The molecule has 58 valence electrons. The van der Waals surface area contributed by atoms with E-state index in [9.17, 15) is 0 Å². The van der Waals surface area contributed by atoms with Crippen LogP contribution in [0.3, 0.4) is 0 Å². The van der Waals surface area contributed by atoms with Crippen LogP contribution < -0.4 is 0 Å². The van der Waals surface area contributed by atoms with Crippen LogP contribution in [0.2, 0.25) is 0 Å². The Bertz CT molecular complexity index is 35.9.